The van der Waals surface area contributed by atoms with E-state index in [0.29, 0.717) is 13.2 Å². The fraction of sp³-hybridized carbons (Fsp3) is 0.312. The summed E-state index contributed by atoms with van der Waals surface area (Å²) in [5.74, 6) is -0.0155. The van der Waals surface area contributed by atoms with Crippen LogP contribution < -0.4 is 4.74 Å². The number of aliphatic carboxylic acids is 1. The van der Waals surface area contributed by atoms with E-state index in [1.165, 1.54) is 5.39 Å². The molecule has 0 bridgehead atoms. The van der Waals surface area contributed by atoms with E-state index < -0.39 is 12.0 Å². The van der Waals surface area contributed by atoms with Gasteiger partial charge < -0.3 is 9.84 Å². The van der Waals surface area contributed by atoms with Crippen molar-refractivity contribution in [2.24, 2.45) is 0 Å². The van der Waals surface area contributed by atoms with Crippen molar-refractivity contribution in [2.45, 2.75) is 13.0 Å². The van der Waals surface area contributed by atoms with Gasteiger partial charge in [0.15, 0.2) is 0 Å². The lowest BCUT2D eigenvalue weighted by atomic mass is 10.1. The molecule has 0 fully saturated rings. The number of benzene rings is 2. The van der Waals surface area contributed by atoms with Crippen molar-refractivity contribution < 1.29 is 14.6 Å². The topological polar surface area (TPSA) is 49.8 Å². The Hall–Kier alpha value is -2.07. The number of hydrogen-bond donors (Lipinski definition) is 1. The summed E-state index contributed by atoms with van der Waals surface area (Å²) in [6.07, 6.45) is 0. The normalized spacial score (nSPS) is 12.6. The molecular formula is C16H19NO3. The summed E-state index contributed by atoms with van der Waals surface area (Å²) in [6, 6.07) is 13.5. The smallest absolute Gasteiger partial charge is 0.320 e. The van der Waals surface area contributed by atoms with Crippen molar-refractivity contribution >= 4 is 16.7 Å². The third-order valence-electron chi connectivity index (χ3n) is 3.45. The highest BCUT2D eigenvalue weighted by Gasteiger charge is 2.16. The fourth-order valence-corrected chi connectivity index (χ4v) is 1.95. The number of likely N-dealkylation sites (N-methyl/N-ethyl adjacent to an activating group) is 1. The van der Waals surface area contributed by atoms with Crippen LogP contribution in [0.3, 0.4) is 0 Å². The van der Waals surface area contributed by atoms with E-state index in [4.69, 9.17) is 9.84 Å². The van der Waals surface area contributed by atoms with E-state index in [9.17, 15) is 4.79 Å². The number of carbonyl (C=O) groups is 1. The van der Waals surface area contributed by atoms with Crippen LogP contribution in [0.1, 0.15) is 6.92 Å². The largest absolute Gasteiger partial charge is 0.492 e. The van der Waals surface area contributed by atoms with Gasteiger partial charge in [-0.15, -0.1) is 0 Å². The van der Waals surface area contributed by atoms with Gasteiger partial charge >= 0.3 is 5.97 Å². The predicted octanol–water partition coefficient (Wildman–Crippen LogP) is 2.62. The molecule has 0 spiro atoms. The molecule has 2 aromatic carbocycles. The number of nitrogens with zero attached hydrogens (tertiary/aromatic N) is 1. The van der Waals surface area contributed by atoms with Gasteiger partial charge in [-0.2, -0.15) is 0 Å². The molecule has 2 rings (SSSR count). The van der Waals surface area contributed by atoms with Gasteiger partial charge in [-0.3, -0.25) is 9.69 Å². The lowest BCUT2D eigenvalue weighted by molar-refractivity contribution is -0.142. The molecule has 0 aromatic heterocycles. The number of carboxylic acid groups (broad SMARTS) is 1. The monoisotopic (exact) mass is 273 g/mol. The maximum atomic E-state index is 10.8. The highest BCUT2D eigenvalue weighted by atomic mass is 16.5. The van der Waals surface area contributed by atoms with Crippen LogP contribution >= 0.6 is 0 Å². The van der Waals surface area contributed by atoms with Crippen molar-refractivity contribution in [1.82, 2.24) is 4.90 Å². The molecule has 4 heteroatoms. The van der Waals surface area contributed by atoms with Crippen LogP contribution in [0.5, 0.6) is 5.75 Å². The van der Waals surface area contributed by atoms with Crippen molar-refractivity contribution in [3.63, 3.8) is 0 Å². The SMILES string of the molecule is CC(C(=O)O)N(C)CCOc1ccc2ccccc2c1. The van der Waals surface area contributed by atoms with Crippen LogP contribution in [0.15, 0.2) is 42.5 Å². The van der Waals surface area contributed by atoms with Crippen molar-refractivity contribution in [3.8, 4) is 5.75 Å². The van der Waals surface area contributed by atoms with Gasteiger partial charge in [0, 0.05) is 6.54 Å². The molecule has 2 aromatic rings. The molecule has 4 nitrogen and oxygen atoms in total. The van der Waals surface area contributed by atoms with Gasteiger partial charge in [-0.05, 0) is 36.9 Å². The van der Waals surface area contributed by atoms with Gasteiger partial charge in [0.25, 0.3) is 0 Å². The van der Waals surface area contributed by atoms with Gasteiger partial charge in [-0.25, -0.2) is 0 Å². The average molecular weight is 273 g/mol. The first-order chi connectivity index (χ1) is 9.58. The Morgan fingerprint density at radius 1 is 1.25 bits per heavy atom. The molecule has 1 N–H and O–H groups in total. The lowest BCUT2D eigenvalue weighted by Crippen LogP contribution is -2.38. The van der Waals surface area contributed by atoms with Crippen molar-refractivity contribution in [2.75, 3.05) is 20.2 Å². The number of hydrogen-bond acceptors (Lipinski definition) is 3. The van der Waals surface area contributed by atoms with E-state index in [2.05, 4.69) is 6.07 Å². The first-order valence-corrected chi connectivity index (χ1v) is 6.62. The zero-order valence-corrected chi connectivity index (χ0v) is 11.7. The van der Waals surface area contributed by atoms with E-state index >= 15 is 0 Å². The van der Waals surface area contributed by atoms with Crippen LogP contribution in [-0.2, 0) is 4.79 Å². The van der Waals surface area contributed by atoms with Gasteiger partial charge in [0.05, 0.1) is 0 Å². The fourth-order valence-electron chi connectivity index (χ4n) is 1.95. The number of carboxylic acids is 1. The Labute approximate surface area is 118 Å². The van der Waals surface area contributed by atoms with Crippen LogP contribution in [0.2, 0.25) is 0 Å². The van der Waals surface area contributed by atoms with Gasteiger partial charge in [-0.1, -0.05) is 30.3 Å². The first kappa shape index (κ1) is 14.3. The van der Waals surface area contributed by atoms with Gasteiger partial charge in [0.2, 0.25) is 0 Å². The van der Waals surface area contributed by atoms with E-state index in [1.807, 2.05) is 36.4 Å². The molecule has 0 saturated heterocycles. The number of rotatable bonds is 6. The number of ether oxygens (including phenoxy) is 1. The van der Waals surface area contributed by atoms with E-state index in [-0.39, 0.29) is 0 Å². The number of fused-ring (bicyclic) bond motifs is 1. The quantitative estimate of drug-likeness (QED) is 0.879. The molecular weight excluding hydrogens is 254 g/mol. The Balaban J connectivity index is 1.91. The zero-order valence-electron chi connectivity index (χ0n) is 11.7. The van der Waals surface area contributed by atoms with Crippen LogP contribution in [0.25, 0.3) is 10.8 Å². The van der Waals surface area contributed by atoms with E-state index in [1.54, 1.807) is 18.9 Å². The van der Waals surface area contributed by atoms with Crippen LogP contribution in [-0.4, -0.2) is 42.2 Å². The van der Waals surface area contributed by atoms with Crippen LogP contribution in [0.4, 0.5) is 0 Å². The highest BCUT2D eigenvalue weighted by Crippen LogP contribution is 2.20. The third-order valence-corrected chi connectivity index (χ3v) is 3.45. The summed E-state index contributed by atoms with van der Waals surface area (Å²) < 4.78 is 5.68. The van der Waals surface area contributed by atoms with Gasteiger partial charge in [0.1, 0.15) is 18.4 Å². The summed E-state index contributed by atoms with van der Waals surface area (Å²) >= 11 is 0. The molecule has 1 unspecified atom stereocenters. The third kappa shape index (κ3) is 3.48. The Morgan fingerprint density at radius 3 is 2.65 bits per heavy atom. The summed E-state index contributed by atoms with van der Waals surface area (Å²) in [5, 5.41) is 11.2. The Morgan fingerprint density at radius 2 is 1.95 bits per heavy atom. The first-order valence-electron chi connectivity index (χ1n) is 6.62. The predicted molar refractivity (Wildman–Crippen MR) is 79.2 cm³/mol. The zero-order chi connectivity index (χ0) is 14.5. The van der Waals surface area contributed by atoms with Crippen molar-refractivity contribution in [3.05, 3.63) is 42.5 Å². The molecule has 0 radical (unpaired) electrons. The minimum Gasteiger partial charge on any atom is -0.492 e. The second-order valence-corrected chi connectivity index (χ2v) is 4.85. The molecule has 0 saturated carbocycles. The Bertz CT molecular complexity index is 597. The second kappa shape index (κ2) is 6.39. The summed E-state index contributed by atoms with van der Waals surface area (Å²) in [4.78, 5) is 12.6. The summed E-state index contributed by atoms with van der Waals surface area (Å²) in [7, 11) is 1.78. The average Bonchev–Trinajstić information content (AvgIpc) is 2.46. The second-order valence-electron chi connectivity index (χ2n) is 4.85. The maximum Gasteiger partial charge on any atom is 0.320 e. The molecule has 106 valence electrons. The minimum atomic E-state index is -0.821. The molecule has 0 aliphatic heterocycles. The van der Waals surface area contributed by atoms with Crippen LogP contribution in [0, 0.1) is 0 Å². The molecule has 0 heterocycles. The van der Waals surface area contributed by atoms with Crippen molar-refractivity contribution in [1.29, 1.82) is 0 Å². The minimum absolute atomic E-state index is 0.465. The highest BCUT2D eigenvalue weighted by molar-refractivity contribution is 5.83. The molecule has 0 aliphatic rings. The molecule has 0 amide bonds. The maximum absolute atomic E-state index is 10.8. The Kier molecular flexibility index (Phi) is 4.58. The molecule has 1 atom stereocenters. The van der Waals surface area contributed by atoms with E-state index in [0.717, 1.165) is 11.1 Å². The summed E-state index contributed by atoms with van der Waals surface area (Å²) in [5.41, 5.74) is 0. The molecule has 0 aliphatic carbocycles. The summed E-state index contributed by atoms with van der Waals surface area (Å²) in [6.45, 7) is 2.70. The lowest BCUT2D eigenvalue weighted by Gasteiger charge is -2.21. The molecule has 20 heavy (non-hydrogen) atoms. The standard InChI is InChI=1S/C16H19NO3/c1-12(16(18)19)17(2)9-10-20-15-8-7-13-5-3-4-6-14(13)11-15/h3-8,11-12H,9-10H2,1-2H3,(H,18,19).